The van der Waals surface area contributed by atoms with E-state index in [1.165, 1.54) is 7.11 Å². The molecule has 1 atom stereocenters. The highest BCUT2D eigenvalue weighted by Crippen LogP contribution is 2.50. The zero-order valence-electron chi connectivity index (χ0n) is 23.1. The zero-order valence-corrected chi connectivity index (χ0v) is 23.1. The summed E-state index contributed by atoms with van der Waals surface area (Å²) in [5.74, 6) is 1.97. The molecular formula is C31H37NO7. The molecule has 4 rings (SSSR count). The number of hydrogen-bond donors (Lipinski definition) is 1. The van der Waals surface area contributed by atoms with E-state index in [1.54, 1.807) is 33.5 Å². The summed E-state index contributed by atoms with van der Waals surface area (Å²) in [5.41, 5.74) is 4.66. The molecule has 8 heteroatoms. The number of hydrogen-bond acceptors (Lipinski definition) is 8. The summed E-state index contributed by atoms with van der Waals surface area (Å²) < 4.78 is 34.0. The molecule has 0 heterocycles. The first-order valence-electron chi connectivity index (χ1n) is 13.1. The lowest BCUT2D eigenvalue weighted by Gasteiger charge is -2.20. The molecule has 1 N–H and O–H groups in total. The van der Waals surface area contributed by atoms with Gasteiger partial charge in [0.2, 0.25) is 11.2 Å². The number of fused-ring (bicyclic) bond motifs is 3. The van der Waals surface area contributed by atoms with Crippen LogP contribution in [0.1, 0.15) is 29.2 Å². The minimum Gasteiger partial charge on any atom is -0.493 e. The SMILES string of the molecule is COc1cc2c(c(OC)c1OC)-c1ccc(OC)c(=O)cc1[C@@H](NCCOCCOCc1ccccc1)CC2. The molecule has 0 spiro atoms. The first kappa shape index (κ1) is 28.4. The van der Waals surface area contributed by atoms with Crippen LogP contribution in [0.5, 0.6) is 23.0 Å². The van der Waals surface area contributed by atoms with E-state index < -0.39 is 0 Å². The van der Waals surface area contributed by atoms with E-state index in [4.69, 9.17) is 28.4 Å². The molecule has 0 bridgehead atoms. The molecule has 0 aliphatic heterocycles. The van der Waals surface area contributed by atoms with Gasteiger partial charge in [-0.3, -0.25) is 4.79 Å². The Morgan fingerprint density at radius 3 is 2.26 bits per heavy atom. The van der Waals surface area contributed by atoms with E-state index in [9.17, 15) is 4.79 Å². The summed E-state index contributed by atoms with van der Waals surface area (Å²) in [6, 6.07) is 17.3. The highest BCUT2D eigenvalue weighted by molar-refractivity contribution is 5.82. The van der Waals surface area contributed by atoms with Crippen LogP contribution in [0.25, 0.3) is 11.1 Å². The summed E-state index contributed by atoms with van der Waals surface area (Å²) in [5, 5.41) is 3.59. The van der Waals surface area contributed by atoms with Gasteiger partial charge in [0.15, 0.2) is 17.2 Å². The van der Waals surface area contributed by atoms with Crippen molar-refractivity contribution in [3.63, 3.8) is 0 Å². The third-order valence-corrected chi connectivity index (χ3v) is 6.84. The average molecular weight is 536 g/mol. The second-order valence-corrected chi connectivity index (χ2v) is 9.15. The number of rotatable bonds is 13. The monoisotopic (exact) mass is 535 g/mol. The molecule has 8 nitrogen and oxygen atoms in total. The molecule has 0 unspecified atom stereocenters. The molecule has 0 saturated heterocycles. The van der Waals surface area contributed by atoms with E-state index in [0.29, 0.717) is 50.2 Å². The highest BCUT2D eigenvalue weighted by Gasteiger charge is 2.29. The maximum atomic E-state index is 13.0. The molecule has 0 aromatic heterocycles. The second-order valence-electron chi connectivity index (χ2n) is 9.15. The third kappa shape index (κ3) is 6.71. The number of benzene rings is 2. The molecule has 1 aliphatic carbocycles. The van der Waals surface area contributed by atoms with Crippen molar-refractivity contribution in [2.45, 2.75) is 25.5 Å². The summed E-state index contributed by atoms with van der Waals surface area (Å²) in [4.78, 5) is 13.0. The maximum absolute atomic E-state index is 13.0. The van der Waals surface area contributed by atoms with Crippen LogP contribution >= 0.6 is 0 Å². The van der Waals surface area contributed by atoms with Gasteiger partial charge in [0.25, 0.3) is 0 Å². The first-order valence-corrected chi connectivity index (χ1v) is 13.1. The fourth-order valence-corrected chi connectivity index (χ4v) is 4.97. The number of ether oxygens (including phenoxy) is 6. The van der Waals surface area contributed by atoms with Crippen molar-refractivity contribution >= 4 is 0 Å². The van der Waals surface area contributed by atoms with Gasteiger partial charge in [0.1, 0.15) is 0 Å². The van der Waals surface area contributed by atoms with Gasteiger partial charge in [-0.2, -0.15) is 0 Å². The third-order valence-electron chi connectivity index (χ3n) is 6.84. The van der Waals surface area contributed by atoms with Gasteiger partial charge in [0, 0.05) is 18.2 Å². The van der Waals surface area contributed by atoms with Crippen LogP contribution in [0, 0.1) is 0 Å². The van der Waals surface area contributed by atoms with Gasteiger partial charge in [-0.25, -0.2) is 0 Å². The smallest absolute Gasteiger partial charge is 0.220 e. The van der Waals surface area contributed by atoms with Gasteiger partial charge >= 0.3 is 0 Å². The Morgan fingerprint density at radius 1 is 0.795 bits per heavy atom. The molecule has 39 heavy (non-hydrogen) atoms. The van der Waals surface area contributed by atoms with Crippen LogP contribution in [0.3, 0.4) is 0 Å². The molecular weight excluding hydrogens is 498 g/mol. The van der Waals surface area contributed by atoms with E-state index in [1.807, 2.05) is 42.5 Å². The number of nitrogens with one attached hydrogen (secondary N) is 1. The van der Waals surface area contributed by atoms with Gasteiger partial charge in [-0.05, 0) is 53.3 Å². The second kappa shape index (κ2) is 14.0. The Balaban J connectivity index is 1.50. The van der Waals surface area contributed by atoms with Gasteiger partial charge in [0.05, 0.1) is 54.9 Å². The lowest BCUT2D eigenvalue weighted by atomic mass is 9.95. The summed E-state index contributed by atoms with van der Waals surface area (Å²) in [6.07, 6.45) is 1.52. The molecule has 208 valence electrons. The van der Waals surface area contributed by atoms with Crippen LogP contribution in [0.4, 0.5) is 0 Å². The molecule has 3 aromatic carbocycles. The van der Waals surface area contributed by atoms with E-state index in [2.05, 4.69) is 5.32 Å². The van der Waals surface area contributed by atoms with Gasteiger partial charge in [-0.1, -0.05) is 36.4 Å². The Morgan fingerprint density at radius 2 is 1.54 bits per heavy atom. The van der Waals surface area contributed by atoms with Crippen LogP contribution < -0.4 is 29.7 Å². The molecule has 0 fully saturated rings. The summed E-state index contributed by atoms with van der Waals surface area (Å²) in [7, 11) is 6.31. The standard InChI is InChI=1S/C31H37NO7/c1-34-27-13-11-23-24(19-26(27)33)25(32-14-15-38-16-17-39-20-21-8-6-5-7-9-21)12-10-22-18-28(35-2)30(36-3)31(37-4)29(22)23/h5-9,11,13,18-19,25,32H,10,12,14-17,20H2,1-4H3/t25-/m0/s1. The lowest BCUT2D eigenvalue weighted by Crippen LogP contribution is -2.26. The van der Waals surface area contributed by atoms with Crippen LogP contribution in [-0.2, 0) is 22.5 Å². The quantitative estimate of drug-likeness (QED) is 0.319. The van der Waals surface area contributed by atoms with Crippen molar-refractivity contribution in [2.24, 2.45) is 0 Å². The normalized spacial score (nSPS) is 14.1. The van der Waals surface area contributed by atoms with Crippen LogP contribution in [0.15, 0.2) is 59.4 Å². The Labute approximate surface area is 229 Å². The van der Waals surface area contributed by atoms with Crippen molar-refractivity contribution in [1.82, 2.24) is 5.32 Å². The van der Waals surface area contributed by atoms with Crippen molar-refractivity contribution < 1.29 is 28.4 Å². The largest absolute Gasteiger partial charge is 0.493 e. The maximum Gasteiger partial charge on any atom is 0.220 e. The minimum absolute atomic E-state index is 0.0863. The Bertz CT molecular complexity index is 1300. The molecule has 0 amide bonds. The minimum atomic E-state index is -0.180. The molecule has 3 aromatic rings. The summed E-state index contributed by atoms with van der Waals surface area (Å²) >= 11 is 0. The van der Waals surface area contributed by atoms with Gasteiger partial charge < -0.3 is 33.7 Å². The first-order chi connectivity index (χ1) is 19.1. The average Bonchev–Trinajstić information content (AvgIpc) is 3.21. The molecule has 0 radical (unpaired) electrons. The van der Waals surface area contributed by atoms with Crippen LogP contribution in [0.2, 0.25) is 0 Å². The predicted octanol–water partition coefficient (Wildman–Crippen LogP) is 4.56. The van der Waals surface area contributed by atoms with E-state index in [0.717, 1.165) is 40.7 Å². The summed E-state index contributed by atoms with van der Waals surface area (Å²) in [6.45, 7) is 2.74. The van der Waals surface area contributed by atoms with Crippen molar-refractivity contribution in [3.05, 3.63) is 81.5 Å². The number of methoxy groups -OCH3 is 4. The topological polar surface area (TPSA) is 84.5 Å². The van der Waals surface area contributed by atoms with Crippen LogP contribution in [-0.4, -0.2) is 54.8 Å². The fourth-order valence-electron chi connectivity index (χ4n) is 4.97. The fraction of sp³-hybridized carbons (Fsp3) is 0.387. The van der Waals surface area contributed by atoms with Gasteiger partial charge in [-0.15, -0.1) is 0 Å². The highest BCUT2D eigenvalue weighted by atomic mass is 16.5. The van der Waals surface area contributed by atoms with Crippen molar-refractivity contribution in [3.8, 4) is 34.1 Å². The van der Waals surface area contributed by atoms with Crippen molar-refractivity contribution in [1.29, 1.82) is 0 Å². The Hall–Kier alpha value is -3.59. The van der Waals surface area contributed by atoms with Crippen molar-refractivity contribution in [2.75, 3.05) is 54.8 Å². The predicted molar refractivity (Wildman–Crippen MR) is 150 cm³/mol. The molecule has 0 saturated carbocycles. The number of aryl methyl sites for hydroxylation is 1. The molecule has 1 aliphatic rings. The van der Waals surface area contributed by atoms with E-state index >= 15 is 0 Å². The zero-order chi connectivity index (χ0) is 27.6. The Kier molecular flexibility index (Phi) is 10.2. The van der Waals surface area contributed by atoms with E-state index in [-0.39, 0.29) is 17.2 Å². The lowest BCUT2D eigenvalue weighted by molar-refractivity contribution is 0.0410.